The highest BCUT2D eigenvalue weighted by molar-refractivity contribution is 6.20. The van der Waals surface area contributed by atoms with Crippen LogP contribution in [-0.4, -0.2) is 0 Å². The first-order chi connectivity index (χ1) is 26.8. The van der Waals surface area contributed by atoms with Gasteiger partial charge in [-0.1, -0.05) is 146 Å². The summed E-state index contributed by atoms with van der Waals surface area (Å²) in [7, 11) is 0. The normalized spacial score (nSPS) is 15.6. The summed E-state index contributed by atoms with van der Waals surface area (Å²) in [4.78, 5) is 4.88. The number of anilines is 6. The van der Waals surface area contributed by atoms with E-state index in [0.717, 1.165) is 22.7 Å². The zero-order valence-electron chi connectivity index (χ0n) is 29.7. The molecule has 2 nitrogen and oxygen atoms in total. The molecule has 254 valence electrons. The van der Waals surface area contributed by atoms with Crippen molar-refractivity contribution in [1.29, 1.82) is 0 Å². The van der Waals surface area contributed by atoms with Crippen molar-refractivity contribution in [2.75, 3.05) is 9.80 Å². The Kier molecular flexibility index (Phi) is 7.03. The van der Waals surface area contributed by atoms with Crippen LogP contribution in [0.1, 0.15) is 23.0 Å². The van der Waals surface area contributed by atoms with Gasteiger partial charge in [-0.05, 0) is 104 Å². The third kappa shape index (κ3) is 4.81. The minimum absolute atomic E-state index is 0.270. The van der Waals surface area contributed by atoms with Crippen molar-refractivity contribution in [3.8, 4) is 0 Å². The van der Waals surface area contributed by atoms with Crippen LogP contribution >= 0.6 is 0 Å². The summed E-state index contributed by atoms with van der Waals surface area (Å²) in [6.07, 6.45) is 9.25. The first-order valence-corrected chi connectivity index (χ1v) is 18.9. The number of nitrogens with zero attached hydrogens (tertiary/aromatic N) is 2. The number of benzene rings is 9. The van der Waals surface area contributed by atoms with E-state index < -0.39 is 0 Å². The molecular weight excluding hydrogens is 653 g/mol. The van der Waals surface area contributed by atoms with Crippen LogP contribution in [-0.2, 0) is 0 Å². The van der Waals surface area contributed by atoms with E-state index in [9.17, 15) is 0 Å². The van der Waals surface area contributed by atoms with Crippen LogP contribution in [0.15, 0.2) is 206 Å². The molecule has 0 bridgehead atoms. The highest BCUT2D eigenvalue weighted by Crippen LogP contribution is 2.54. The molecule has 0 saturated heterocycles. The third-order valence-corrected chi connectivity index (χ3v) is 11.5. The number of allylic oxidation sites excluding steroid dienone is 4. The molecule has 0 aliphatic heterocycles. The Hall–Kier alpha value is -6.90. The zero-order chi connectivity index (χ0) is 35.6. The van der Waals surface area contributed by atoms with E-state index in [4.69, 9.17) is 0 Å². The lowest BCUT2D eigenvalue weighted by Gasteiger charge is -2.36. The van der Waals surface area contributed by atoms with Crippen LogP contribution in [0.3, 0.4) is 0 Å². The molecule has 11 rings (SSSR count). The summed E-state index contributed by atoms with van der Waals surface area (Å²) < 4.78 is 0. The molecule has 9 aromatic carbocycles. The van der Waals surface area contributed by atoms with Gasteiger partial charge in [-0.25, -0.2) is 0 Å². The molecule has 0 saturated carbocycles. The molecule has 0 heterocycles. The molecule has 0 aromatic heterocycles. The van der Waals surface area contributed by atoms with Gasteiger partial charge in [0, 0.05) is 45.4 Å². The molecule has 9 aromatic rings. The van der Waals surface area contributed by atoms with Gasteiger partial charge in [-0.15, -0.1) is 0 Å². The Morgan fingerprint density at radius 3 is 1.17 bits per heavy atom. The number of para-hydroxylation sites is 2. The first-order valence-electron chi connectivity index (χ1n) is 18.9. The van der Waals surface area contributed by atoms with Gasteiger partial charge in [0.15, 0.2) is 0 Å². The van der Waals surface area contributed by atoms with Crippen molar-refractivity contribution >= 4 is 77.2 Å². The quantitative estimate of drug-likeness (QED) is 0.160. The van der Waals surface area contributed by atoms with E-state index in [1.54, 1.807) is 0 Å². The predicted octanol–water partition coefficient (Wildman–Crippen LogP) is 14.5. The fourth-order valence-electron chi connectivity index (χ4n) is 9.10. The molecule has 0 fully saturated rings. The van der Waals surface area contributed by atoms with Crippen molar-refractivity contribution in [3.05, 3.63) is 217 Å². The van der Waals surface area contributed by atoms with Gasteiger partial charge in [-0.3, -0.25) is 0 Å². The maximum atomic E-state index is 2.44. The largest absolute Gasteiger partial charge is 0.310 e. The van der Waals surface area contributed by atoms with Crippen LogP contribution in [0.25, 0.3) is 43.1 Å². The summed E-state index contributed by atoms with van der Waals surface area (Å²) in [6.45, 7) is 0. The average molecular weight is 689 g/mol. The molecule has 0 N–H and O–H groups in total. The van der Waals surface area contributed by atoms with Crippen LogP contribution in [0.4, 0.5) is 34.1 Å². The van der Waals surface area contributed by atoms with Crippen LogP contribution < -0.4 is 9.80 Å². The summed E-state index contributed by atoms with van der Waals surface area (Å²) >= 11 is 0. The van der Waals surface area contributed by atoms with Crippen molar-refractivity contribution in [2.45, 2.75) is 11.8 Å². The van der Waals surface area contributed by atoms with Gasteiger partial charge < -0.3 is 9.80 Å². The van der Waals surface area contributed by atoms with Crippen LogP contribution in [0.5, 0.6) is 0 Å². The molecule has 0 radical (unpaired) electrons. The van der Waals surface area contributed by atoms with Crippen molar-refractivity contribution in [3.63, 3.8) is 0 Å². The van der Waals surface area contributed by atoms with Gasteiger partial charge >= 0.3 is 0 Å². The van der Waals surface area contributed by atoms with Crippen molar-refractivity contribution in [2.24, 2.45) is 0 Å². The molecule has 2 atom stereocenters. The standard InChI is InChI=1S/C52H36N2/c1-3-17-39(18-4-1)53(41-25-23-35-13-7-9-15-37(35)33-41)49-31-29-45-43-21-11-12-22-44(43)46-30-32-50(48-28-27-47(49)51(45)52(46)48)54(40-19-5-2-6-20-40)42-26-24-36-14-8-10-16-38(36)34-42/h1-34,43-44H. The van der Waals surface area contributed by atoms with Crippen LogP contribution in [0.2, 0.25) is 0 Å². The van der Waals surface area contributed by atoms with Gasteiger partial charge in [-0.2, -0.15) is 0 Å². The summed E-state index contributed by atoms with van der Waals surface area (Å²) in [5, 5.41) is 10.1. The van der Waals surface area contributed by atoms with Gasteiger partial charge in [0.25, 0.3) is 0 Å². The second-order valence-corrected chi connectivity index (χ2v) is 14.5. The highest BCUT2D eigenvalue weighted by atomic mass is 15.1. The molecule has 2 aliphatic rings. The maximum Gasteiger partial charge on any atom is 0.0540 e. The van der Waals surface area contributed by atoms with E-state index in [0.29, 0.717) is 0 Å². The number of rotatable bonds is 6. The molecule has 2 unspecified atom stereocenters. The first kappa shape index (κ1) is 30.7. The summed E-state index contributed by atoms with van der Waals surface area (Å²) in [5.41, 5.74) is 9.69. The second-order valence-electron chi connectivity index (χ2n) is 14.5. The molecule has 2 heteroatoms. The molecular formula is C52H36N2. The highest BCUT2D eigenvalue weighted by Gasteiger charge is 2.33. The van der Waals surface area contributed by atoms with E-state index in [1.165, 1.54) is 65.6 Å². The molecule has 2 aliphatic carbocycles. The molecule has 0 spiro atoms. The third-order valence-electron chi connectivity index (χ3n) is 11.5. The minimum atomic E-state index is 0.270. The Labute approximate surface area is 315 Å². The SMILES string of the molecule is C1=CC2c3ccc(N(c4ccccc4)c4ccc5ccccc5c4)c4ccc5c(N(c6ccccc6)c6ccc7ccccc7c6)ccc(c5c34)C2C=C1. The summed E-state index contributed by atoms with van der Waals surface area (Å²) in [6, 6.07) is 66.8. The smallest absolute Gasteiger partial charge is 0.0540 e. The van der Waals surface area contributed by atoms with Gasteiger partial charge in [0.05, 0.1) is 11.4 Å². The van der Waals surface area contributed by atoms with E-state index >= 15 is 0 Å². The lowest BCUT2D eigenvalue weighted by molar-refractivity contribution is 0.734. The Balaban J connectivity index is 1.20. The van der Waals surface area contributed by atoms with E-state index in [1.807, 2.05) is 0 Å². The lowest BCUT2D eigenvalue weighted by Crippen LogP contribution is -2.17. The van der Waals surface area contributed by atoms with E-state index in [-0.39, 0.29) is 11.8 Å². The van der Waals surface area contributed by atoms with Crippen molar-refractivity contribution < 1.29 is 0 Å². The molecule has 0 amide bonds. The average Bonchev–Trinajstić information content (AvgIpc) is 3.24. The number of fused-ring (bicyclic) bond motifs is 5. The topological polar surface area (TPSA) is 6.48 Å². The predicted molar refractivity (Wildman–Crippen MR) is 230 cm³/mol. The van der Waals surface area contributed by atoms with E-state index in [2.05, 4.69) is 216 Å². The minimum Gasteiger partial charge on any atom is -0.310 e. The Morgan fingerprint density at radius 2 is 0.722 bits per heavy atom. The second kappa shape index (κ2) is 12.4. The maximum absolute atomic E-state index is 2.44. The van der Waals surface area contributed by atoms with Crippen molar-refractivity contribution in [1.82, 2.24) is 0 Å². The number of hydrogen-bond acceptors (Lipinski definition) is 2. The lowest BCUT2D eigenvalue weighted by atomic mass is 9.71. The zero-order valence-corrected chi connectivity index (χ0v) is 29.7. The number of hydrogen-bond donors (Lipinski definition) is 0. The fourth-order valence-corrected chi connectivity index (χ4v) is 9.10. The van der Waals surface area contributed by atoms with Gasteiger partial charge in [0.2, 0.25) is 0 Å². The monoisotopic (exact) mass is 688 g/mol. The van der Waals surface area contributed by atoms with Crippen LogP contribution in [0, 0.1) is 0 Å². The Morgan fingerprint density at radius 1 is 0.315 bits per heavy atom. The fraction of sp³-hybridized carbons (Fsp3) is 0.0385. The summed E-state index contributed by atoms with van der Waals surface area (Å²) in [5.74, 6) is 0.541. The molecule has 54 heavy (non-hydrogen) atoms. The Bertz CT molecular complexity index is 2760. The van der Waals surface area contributed by atoms with Gasteiger partial charge in [0.1, 0.15) is 0 Å².